The Bertz CT molecular complexity index is 584. The van der Waals surface area contributed by atoms with Crippen molar-refractivity contribution in [3.63, 3.8) is 0 Å². The average molecular weight is 254 g/mol. The molecule has 1 nitrogen and oxygen atoms in total. The standard InChI is InChI=1S/C18H22O/c1-13-7-6-12-18(19,14(13)2)17-11-5-9-15-8-3-4-10-16(15)17/h3-5,8-11,13-14,19H,6-7,12H2,1-2H3. The molecule has 0 saturated heterocycles. The molecule has 1 heteroatoms. The lowest BCUT2D eigenvalue weighted by atomic mass is 9.67. The van der Waals surface area contributed by atoms with Gasteiger partial charge in [0.05, 0.1) is 5.60 Å². The minimum absolute atomic E-state index is 0.312. The minimum atomic E-state index is -0.668. The number of rotatable bonds is 1. The fourth-order valence-electron chi connectivity index (χ4n) is 3.62. The van der Waals surface area contributed by atoms with Crippen molar-refractivity contribution in [1.82, 2.24) is 0 Å². The fraction of sp³-hybridized carbons (Fsp3) is 0.444. The summed E-state index contributed by atoms with van der Waals surface area (Å²) in [7, 11) is 0. The Kier molecular flexibility index (Phi) is 3.10. The van der Waals surface area contributed by atoms with Gasteiger partial charge in [0.1, 0.15) is 0 Å². The first-order valence-corrected chi connectivity index (χ1v) is 7.33. The molecule has 3 atom stereocenters. The van der Waals surface area contributed by atoms with E-state index in [-0.39, 0.29) is 0 Å². The summed E-state index contributed by atoms with van der Waals surface area (Å²) in [6.07, 6.45) is 3.23. The lowest BCUT2D eigenvalue weighted by Gasteiger charge is -2.43. The summed E-state index contributed by atoms with van der Waals surface area (Å²) < 4.78 is 0. The fourth-order valence-corrected chi connectivity index (χ4v) is 3.62. The van der Waals surface area contributed by atoms with E-state index in [0.717, 1.165) is 18.4 Å². The molecule has 0 aliphatic heterocycles. The maximum atomic E-state index is 11.3. The van der Waals surface area contributed by atoms with Crippen LogP contribution in [0.5, 0.6) is 0 Å². The van der Waals surface area contributed by atoms with Crippen LogP contribution in [0.15, 0.2) is 42.5 Å². The Hall–Kier alpha value is -1.34. The van der Waals surface area contributed by atoms with Crippen LogP contribution in [0.4, 0.5) is 0 Å². The zero-order valence-corrected chi connectivity index (χ0v) is 11.8. The van der Waals surface area contributed by atoms with Crippen LogP contribution >= 0.6 is 0 Å². The van der Waals surface area contributed by atoms with Gasteiger partial charge >= 0.3 is 0 Å². The van der Waals surface area contributed by atoms with Crippen molar-refractivity contribution in [2.24, 2.45) is 11.8 Å². The van der Waals surface area contributed by atoms with Gasteiger partial charge in [-0.15, -0.1) is 0 Å². The van der Waals surface area contributed by atoms with Gasteiger partial charge in [0.2, 0.25) is 0 Å². The van der Waals surface area contributed by atoms with Crippen LogP contribution in [0.3, 0.4) is 0 Å². The molecule has 2 aromatic rings. The molecule has 19 heavy (non-hydrogen) atoms. The molecule has 3 unspecified atom stereocenters. The van der Waals surface area contributed by atoms with Crippen molar-refractivity contribution in [3.05, 3.63) is 48.0 Å². The van der Waals surface area contributed by atoms with Crippen molar-refractivity contribution in [1.29, 1.82) is 0 Å². The van der Waals surface area contributed by atoms with Gasteiger partial charge in [-0.2, -0.15) is 0 Å². The van der Waals surface area contributed by atoms with Crippen LogP contribution < -0.4 is 0 Å². The molecule has 100 valence electrons. The predicted octanol–water partition coefficient (Wildman–Crippen LogP) is 4.48. The summed E-state index contributed by atoms with van der Waals surface area (Å²) in [5.74, 6) is 0.893. The van der Waals surface area contributed by atoms with E-state index in [0.29, 0.717) is 11.8 Å². The molecule has 1 aliphatic rings. The van der Waals surface area contributed by atoms with Crippen molar-refractivity contribution in [2.45, 2.75) is 38.7 Å². The van der Waals surface area contributed by atoms with Gasteiger partial charge in [0.25, 0.3) is 0 Å². The number of benzene rings is 2. The summed E-state index contributed by atoms with van der Waals surface area (Å²) in [6.45, 7) is 4.46. The lowest BCUT2D eigenvalue weighted by Crippen LogP contribution is -2.40. The summed E-state index contributed by atoms with van der Waals surface area (Å²) >= 11 is 0. The number of aliphatic hydroxyl groups is 1. The zero-order chi connectivity index (χ0) is 13.5. The largest absolute Gasteiger partial charge is 0.385 e. The first-order valence-electron chi connectivity index (χ1n) is 7.33. The highest BCUT2D eigenvalue weighted by Crippen LogP contribution is 2.46. The molecular formula is C18H22O. The number of hydrogen-bond donors (Lipinski definition) is 1. The van der Waals surface area contributed by atoms with Crippen molar-refractivity contribution in [2.75, 3.05) is 0 Å². The molecular weight excluding hydrogens is 232 g/mol. The van der Waals surface area contributed by atoms with Gasteiger partial charge in [0.15, 0.2) is 0 Å². The molecule has 1 aliphatic carbocycles. The highest BCUT2D eigenvalue weighted by Gasteiger charge is 2.41. The van der Waals surface area contributed by atoms with E-state index in [1.165, 1.54) is 17.2 Å². The van der Waals surface area contributed by atoms with Crippen LogP contribution in [0.2, 0.25) is 0 Å². The van der Waals surface area contributed by atoms with Crippen LogP contribution in [0.25, 0.3) is 10.8 Å². The van der Waals surface area contributed by atoms with E-state index in [4.69, 9.17) is 0 Å². The monoisotopic (exact) mass is 254 g/mol. The smallest absolute Gasteiger partial charge is 0.0930 e. The third kappa shape index (κ3) is 1.97. The normalized spacial score (nSPS) is 31.5. The van der Waals surface area contributed by atoms with Crippen molar-refractivity contribution < 1.29 is 5.11 Å². The zero-order valence-electron chi connectivity index (χ0n) is 11.8. The van der Waals surface area contributed by atoms with E-state index in [2.05, 4.69) is 56.3 Å². The predicted molar refractivity (Wildman–Crippen MR) is 80.0 cm³/mol. The van der Waals surface area contributed by atoms with E-state index in [1.807, 2.05) is 0 Å². The van der Waals surface area contributed by atoms with Gasteiger partial charge in [-0.1, -0.05) is 62.7 Å². The number of fused-ring (bicyclic) bond motifs is 1. The van der Waals surface area contributed by atoms with Gasteiger partial charge < -0.3 is 5.11 Å². The summed E-state index contributed by atoms with van der Waals surface area (Å²) in [4.78, 5) is 0. The van der Waals surface area contributed by atoms with Gasteiger partial charge in [-0.25, -0.2) is 0 Å². The van der Waals surface area contributed by atoms with Crippen LogP contribution in [-0.2, 0) is 5.60 Å². The van der Waals surface area contributed by atoms with Crippen molar-refractivity contribution >= 4 is 10.8 Å². The second kappa shape index (κ2) is 4.64. The highest BCUT2D eigenvalue weighted by molar-refractivity contribution is 5.86. The molecule has 3 rings (SSSR count). The highest BCUT2D eigenvalue weighted by atomic mass is 16.3. The average Bonchev–Trinajstić information content (AvgIpc) is 2.44. The quantitative estimate of drug-likeness (QED) is 0.795. The Labute approximate surface area is 115 Å². The van der Waals surface area contributed by atoms with Crippen LogP contribution in [0.1, 0.15) is 38.7 Å². The molecule has 0 aromatic heterocycles. The first kappa shape index (κ1) is 12.7. The summed E-state index contributed by atoms with van der Waals surface area (Å²) in [6, 6.07) is 14.7. The van der Waals surface area contributed by atoms with Gasteiger partial charge in [-0.3, -0.25) is 0 Å². The molecule has 0 bridgehead atoms. The second-order valence-electron chi connectivity index (χ2n) is 6.11. The molecule has 0 radical (unpaired) electrons. The van der Waals surface area contributed by atoms with E-state index >= 15 is 0 Å². The Balaban J connectivity index is 2.18. The Morgan fingerprint density at radius 2 is 1.79 bits per heavy atom. The third-order valence-electron chi connectivity index (χ3n) is 5.08. The SMILES string of the molecule is CC1CCCC(O)(c2cccc3ccccc23)C1C. The van der Waals surface area contributed by atoms with Crippen molar-refractivity contribution in [3.8, 4) is 0 Å². The summed E-state index contributed by atoms with van der Waals surface area (Å²) in [5, 5.41) is 13.7. The van der Waals surface area contributed by atoms with Gasteiger partial charge in [-0.05, 0) is 41.0 Å². The summed E-state index contributed by atoms with van der Waals surface area (Å²) in [5.41, 5.74) is 0.447. The molecule has 0 heterocycles. The van der Waals surface area contributed by atoms with Gasteiger partial charge in [0, 0.05) is 0 Å². The maximum Gasteiger partial charge on any atom is 0.0930 e. The molecule has 0 amide bonds. The molecule has 0 spiro atoms. The third-order valence-corrected chi connectivity index (χ3v) is 5.08. The molecule has 1 saturated carbocycles. The Morgan fingerprint density at radius 3 is 2.63 bits per heavy atom. The topological polar surface area (TPSA) is 20.2 Å². The van der Waals surface area contributed by atoms with E-state index in [1.54, 1.807) is 0 Å². The molecule has 1 fully saturated rings. The van der Waals surface area contributed by atoms with E-state index < -0.39 is 5.60 Å². The van der Waals surface area contributed by atoms with E-state index in [9.17, 15) is 5.11 Å². The molecule has 2 aromatic carbocycles. The maximum absolute atomic E-state index is 11.3. The lowest BCUT2D eigenvalue weighted by molar-refractivity contribution is -0.0676. The van der Waals surface area contributed by atoms with Crippen LogP contribution in [0, 0.1) is 11.8 Å². The minimum Gasteiger partial charge on any atom is -0.385 e. The first-order chi connectivity index (χ1) is 9.13. The molecule has 1 N–H and O–H groups in total. The van der Waals surface area contributed by atoms with Crippen LogP contribution in [-0.4, -0.2) is 5.11 Å². The Morgan fingerprint density at radius 1 is 1.05 bits per heavy atom. The second-order valence-corrected chi connectivity index (χ2v) is 6.11. The number of hydrogen-bond acceptors (Lipinski definition) is 1.